The Kier molecular flexibility index (Phi) is 7.48. The third-order valence-corrected chi connectivity index (χ3v) is 12.4. The lowest BCUT2D eigenvalue weighted by Gasteiger charge is -2.40. The van der Waals surface area contributed by atoms with Crippen LogP contribution in [0.15, 0.2) is 200 Å². The summed E-state index contributed by atoms with van der Waals surface area (Å²) in [5, 5.41) is 13.9. The first-order valence-corrected chi connectivity index (χ1v) is 20.2. The largest absolute Gasteiger partial charge is 0.455 e. The molecular formula is C56H33N3O. The van der Waals surface area contributed by atoms with Gasteiger partial charge in [0.25, 0.3) is 0 Å². The van der Waals surface area contributed by atoms with Gasteiger partial charge in [-0.2, -0.15) is 5.26 Å². The molecule has 0 amide bonds. The smallest absolute Gasteiger partial charge is 0.160 e. The summed E-state index contributed by atoms with van der Waals surface area (Å²) in [6.07, 6.45) is 0. The van der Waals surface area contributed by atoms with Crippen LogP contribution in [-0.4, -0.2) is 9.97 Å². The van der Waals surface area contributed by atoms with Gasteiger partial charge >= 0.3 is 0 Å². The normalized spacial score (nSPS) is 12.9. The molecule has 4 heteroatoms. The maximum Gasteiger partial charge on any atom is 0.160 e. The van der Waals surface area contributed by atoms with E-state index in [2.05, 4.69) is 164 Å². The van der Waals surface area contributed by atoms with Crippen molar-refractivity contribution >= 4 is 21.5 Å². The van der Waals surface area contributed by atoms with Crippen LogP contribution in [0.25, 0.3) is 77.7 Å². The van der Waals surface area contributed by atoms with Gasteiger partial charge in [0.15, 0.2) is 5.82 Å². The zero-order valence-electron chi connectivity index (χ0n) is 32.3. The van der Waals surface area contributed by atoms with Crippen LogP contribution in [0.2, 0.25) is 0 Å². The predicted molar refractivity (Wildman–Crippen MR) is 241 cm³/mol. The number of nitrogens with zero attached hydrogens (tertiary/aromatic N) is 3. The Hall–Kier alpha value is -8.13. The predicted octanol–water partition coefficient (Wildman–Crippen LogP) is 13.8. The first-order chi connectivity index (χ1) is 29.7. The molecule has 0 unspecified atom stereocenters. The van der Waals surface area contributed by atoms with Crippen molar-refractivity contribution in [2.75, 3.05) is 0 Å². The summed E-state index contributed by atoms with van der Waals surface area (Å²) in [5.74, 6) is 2.44. The molecule has 9 aromatic carbocycles. The summed E-state index contributed by atoms with van der Waals surface area (Å²) in [5.41, 5.74) is 13.7. The second-order valence-corrected chi connectivity index (χ2v) is 15.6. The fraction of sp³-hybridized carbons (Fsp3) is 0.0179. The zero-order chi connectivity index (χ0) is 39.8. The molecule has 2 heterocycles. The van der Waals surface area contributed by atoms with E-state index in [9.17, 15) is 5.26 Å². The molecule has 1 spiro atoms. The third kappa shape index (κ3) is 5.03. The molecule has 4 nitrogen and oxygen atoms in total. The lowest BCUT2D eigenvalue weighted by atomic mass is 9.65. The molecule has 2 aliphatic rings. The average molecular weight is 764 g/mol. The second kappa shape index (κ2) is 13.2. The molecule has 0 N–H and O–H groups in total. The minimum atomic E-state index is -0.674. The summed E-state index contributed by atoms with van der Waals surface area (Å²) in [6, 6.07) is 72.5. The highest BCUT2D eigenvalue weighted by Crippen LogP contribution is 2.64. The number of fused-ring (bicyclic) bond motifs is 13. The molecule has 0 fully saturated rings. The van der Waals surface area contributed by atoms with Crippen LogP contribution in [0.4, 0.5) is 0 Å². The fourth-order valence-corrected chi connectivity index (χ4v) is 9.62. The highest BCUT2D eigenvalue weighted by atomic mass is 16.5. The van der Waals surface area contributed by atoms with Gasteiger partial charge in [0, 0.05) is 38.6 Å². The maximum atomic E-state index is 9.39. The second-order valence-electron chi connectivity index (χ2n) is 15.6. The third-order valence-electron chi connectivity index (χ3n) is 12.4. The van der Waals surface area contributed by atoms with Crippen molar-refractivity contribution in [1.29, 1.82) is 5.26 Å². The van der Waals surface area contributed by atoms with Gasteiger partial charge in [-0.15, -0.1) is 0 Å². The maximum absolute atomic E-state index is 9.39. The first kappa shape index (κ1) is 34.0. The van der Waals surface area contributed by atoms with Crippen molar-refractivity contribution in [2.24, 2.45) is 0 Å². The first-order valence-electron chi connectivity index (χ1n) is 20.2. The van der Waals surface area contributed by atoms with Gasteiger partial charge in [0.05, 0.1) is 28.4 Å². The van der Waals surface area contributed by atoms with Crippen LogP contribution < -0.4 is 4.74 Å². The summed E-state index contributed by atoms with van der Waals surface area (Å²) in [6.45, 7) is 0. The van der Waals surface area contributed by atoms with E-state index in [0.717, 1.165) is 83.4 Å². The van der Waals surface area contributed by atoms with Crippen molar-refractivity contribution in [3.63, 3.8) is 0 Å². The van der Waals surface area contributed by atoms with Gasteiger partial charge in [0.2, 0.25) is 0 Å². The highest BCUT2D eigenvalue weighted by Gasteiger charge is 2.52. The topological polar surface area (TPSA) is 58.8 Å². The number of aromatic nitrogens is 2. The monoisotopic (exact) mass is 763 g/mol. The van der Waals surface area contributed by atoms with E-state index in [1.54, 1.807) is 0 Å². The number of rotatable bonds is 4. The number of ether oxygens (including phenoxy) is 1. The molecular weight excluding hydrogens is 731 g/mol. The molecule has 12 rings (SSSR count). The molecule has 0 saturated heterocycles. The Labute approximate surface area is 347 Å². The molecule has 1 aliphatic heterocycles. The van der Waals surface area contributed by atoms with Gasteiger partial charge < -0.3 is 4.74 Å². The SMILES string of the molecule is N#Cc1ccc(-c2cccc(-c3cc(-c4ccc5c(c4)C4(c6ccccc6-5)c5ccc6ccccc6c5Oc5c4ccc4ccccc54)nc(-c4ccccc4)n3)c2)cc1. The Morgan fingerprint density at radius 3 is 1.67 bits per heavy atom. The molecule has 0 atom stereocenters. The van der Waals surface area contributed by atoms with Crippen molar-refractivity contribution in [3.8, 4) is 73.7 Å². The molecule has 0 bridgehead atoms. The highest BCUT2D eigenvalue weighted by molar-refractivity contribution is 6.00. The molecule has 278 valence electrons. The summed E-state index contributed by atoms with van der Waals surface area (Å²) < 4.78 is 7.18. The average Bonchev–Trinajstić information content (AvgIpc) is 3.61. The van der Waals surface area contributed by atoms with Gasteiger partial charge in [-0.1, -0.05) is 170 Å². The molecule has 1 aliphatic carbocycles. The van der Waals surface area contributed by atoms with Crippen LogP contribution in [0.5, 0.6) is 11.5 Å². The number of hydrogen-bond acceptors (Lipinski definition) is 4. The van der Waals surface area contributed by atoms with Gasteiger partial charge in [-0.3, -0.25) is 0 Å². The lowest BCUT2D eigenvalue weighted by molar-refractivity contribution is 0.447. The van der Waals surface area contributed by atoms with E-state index < -0.39 is 5.41 Å². The van der Waals surface area contributed by atoms with Crippen LogP contribution in [0, 0.1) is 11.3 Å². The number of benzene rings is 9. The van der Waals surface area contributed by atoms with E-state index in [-0.39, 0.29) is 0 Å². The van der Waals surface area contributed by atoms with E-state index in [1.165, 1.54) is 22.3 Å². The fourth-order valence-electron chi connectivity index (χ4n) is 9.62. The zero-order valence-corrected chi connectivity index (χ0v) is 32.3. The van der Waals surface area contributed by atoms with E-state index >= 15 is 0 Å². The van der Waals surface area contributed by atoms with Gasteiger partial charge in [-0.25, -0.2) is 9.97 Å². The van der Waals surface area contributed by atoms with Crippen molar-refractivity contribution in [3.05, 3.63) is 228 Å². The number of nitriles is 1. The van der Waals surface area contributed by atoms with Gasteiger partial charge in [0.1, 0.15) is 11.5 Å². The molecule has 10 aromatic rings. The van der Waals surface area contributed by atoms with E-state index in [4.69, 9.17) is 14.7 Å². The Bertz CT molecular complexity index is 3330. The van der Waals surface area contributed by atoms with Crippen molar-refractivity contribution in [2.45, 2.75) is 5.41 Å². The molecule has 0 radical (unpaired) electrons. The summed E-state index contributed by atoms with van der Waals surface area (Å²) >= 11 is 0. The van der Waals surface area contributed by atoms with E-state index in [1.807, 2.05) is 42.5 Å². The quantitative estimate of drug-likeness (QED) is 0.179. The minimum Gasteiger partial charge on any atom is -0.455 e. The van der Waals surface area contributed by atoms with Crippen molar-refractivity contribution < 1.29 is 4.74 Å². The Balaban J connectivity index is 1.11. The van der Waals surface area contributed by atoms with Crippen LogP contribution in [0.1, 0.15) is 27.8 Å². The minimum absolute atomic E-state index is 0.636. The summed E-state index contributed by atoms with van der Waals surface area (Å²) in [7, 11) is 0. The van der Waals surface area contributed by atoms with Gasteiger partial charge in [-0.05, 0) is 74.5 Å². The standard InChI is InChI=1S/C56H33N3O/c57-34-35-21-23-36(24-22-35)40-15-10-16-41(31-40)51-33-52(59-55(58-51)39-13-2-1-3-14-39)42-25-28-46-45-19-8-9-20-47(45)56(50(46)32-42)48-29-26-37-11-4-6-17-43(37)53(48)60-54-44-18-7-5-12-38(44)27-30-49(54)56/h1-33H. The molecule has 60 heavy (non-hydrogen) atoms. The summed E-state index contributed by atoms with van der Waals surface area (Å²) in [4.78, 5) is 10.5. The Morgan fingerprint density at radius 1 is 0.400 bits per heavy atom. The van der Waals surface area contributed by atoms with Crippen LogP contribution in [-0.2, 0) is 5.41 Å². The Morgan fingerprint density at radius 2 is 0.967 bits per heavy atom. The lowest BCUT2D eigenvalue weighted by Crippen LogP contribution is -2.32. The van der Waals surface area contributed by atoms with E-state index in [0.29, 0.717) is 11.4 Å². The van der Waals surface area contributed by atoms with Crippen LogP contribution >= 0.6 is 0 Å². The van der Waals surface area contributed by atoms with Crippen molar-refractivity contribution in [1.82, 2.24) is 9.97 Å². The van der Waals surface area contributed by atoms with Crippen LogP contribution in [0.3, 0.4) is 0 Å². The number of hydrogen-bond donors (Lipinski definition) is 0. The molecule has 0 saturated carbocycles. The molecule has 1 aromatic heterocycles.